The molecule has 2 atom stereocenters. The van der Waals surface area contributed by atoms with E-state index in [-0.39, 0.29) is 23.9 Å². The minimum absolute atomic E-state index is 0.0415. The summed E-state index contributed by atoms with van der Waals surface area (Å²) in [5.41, 5.74) is 0.736. The lowest BCUT2D eigenvalue weighted by Crippen LogP contribution is -2.39. The maximum atomic E-state index is 12.4. The van der Waals surface area contributed by atoms with E-state index < -0.39 is 0 Å². The van der Waals surface area contributed by atoms with Crippen LogP contribution in [0.25, 0.3) is 0 Å². The minimum Gasteiger partial charge on any atom is -0.334 e. The Bertz CT molecular complexity index is 512. The highest BCUT2D eigenvalue weighted by atomic mass is 32.1. The molecule has 0 unspecified atom stereocenters. The quantitative estimate of drug-likeness (QED) is 0.789. The van der Waals surface area contributed by atoms with Crippen LogP contribution < -0.4 is 0 Å². The Morgan fingerprint density at radius 3 is 3.05 bits per heavy atom. The van der Waals surface area contributed by atoms with Gasteiger partial charge in [-0.2, -0.15) is 11.3 Å². The number of carbonyl (C=O) groups is 2. The molecule has 0 N–H and O–H groups in total. The van der Waals surface area contributed by atoms with Crippen molar-refractivity contribution in [2.75, 3.05) is 13.1 Å². The van der Waals surface area contributed by atoms with Gasteiger partial charge in [-0.3, -0.25) is 9.59 Å². The third-order valence-electron chi connectivity index (χ3n) is 3.97. The second-order valence-corrected chi connectivity index (χ2v) is 5.75. The van der Waals surface area contributed by atoms with Gasteiger partial charge in [0.25, 0.3) is 5.91 Å². The van der Waals surface area contributed by atoms with E-state index in [0.29, 0.717) is 13.0 Å². The van der Waals surface area contributed by atoms with E-state index in [4.69, 9.17) is 0 Å². The van der Waals surface area contributed by atoms with Gasteiger partial charge in [0.1, 0.15) is 0 Å². The fourth-order valence-corrected chi connectivity index (χ4v) is 3.74. The van der Waals surface area contributed by atoms with E-state index in [1.165, 1.54) is 11.3 Å². The molecule has 2 aliphatic heterocycles. The highest BCUT2D eigenvalue weighted by molar-refractivity contribution is 7.08. The maximum absolute atomic E-state index is 12.4. The molecule has 19 heavy (non-hydrogen) atoms. The Kier molecular flexibility index (Phi) is 3.14. The number of carbonyl (C=O) groups excluding carboxylic acids is 2. The van der Waals surface area contributed by atoms with Crippen LogP contribution in [0.2, 0.25) is 0 Å². The number of hydrogen-bond donors (Lipinski definition) is 0. The molecule has 2 amide bonds. The van der Waals surface area contributed by atoms with E-state index in [1.807, 2.05) is 26.6 Å². The smallest absolute Gasteiger partial charge is 0.255 e. The van der Waals surface area contributed by atoms with Gasteiger partial charge in [0.05, 0.1) is 17.6 Å². The Labute approximate surface area is 116 Å². The molecule has 0 spiro atoms. The molecule has 0 radical (unpaired) electrons. The molecular formula is C14H16N2O2S. The van der Waals surface area contributed by atoms with Crippen LogP contribution >= 0.6 is 11.3 Å². The molecule has 1 aromatic heterocycles. The summed E-state index contributed by atoms with van der Waals surface area (Å²) in [5.74, 6) is 0.194. The van der Waals surface area contributed by atoms with Crippen LogP contribution in [0.5, 0.6) is 0 Å². The summed E-state index contributed by atoms with van der Waals surface area (Å²) in [5, 5.41) is 3.78. The Morgan fingerprint density at radius 1 is 1.53 bits per heavy atom. The monoisotopic (exact) mass is 276 g/mol. The van der Waals surface area contributed by atoms with Crippen LogP contribution in [0.1, 0.15) is 23.2 Å². The van der Waals surface area contributed by atoms with E-state index in [2.05, 4.69) is 6.58 Å². The molecule has 3 heterocycles. The number of hydrogen-bond acceptors (Lipinski definition) is 3. The Morgan fingerprint density at radius 2 is 2.37 bits per heavy atom. The SMILES string of the molecule is C=CCN1C(=O)C[C@H]2[C@H]1CCN2C(=O)c1ccsc1. The lowest BCUT2D eigenvalue weighted by atomic mass is 10.1. The van der Waals surface area contributed by atoms with Crippen LogP contribution in [0.3, 0.4) is 0 Å². The second kappa shape index (κ2) is 4.81. The summed E-state index contributed by atoms with van der Waals surface area (Å²) in [4.78, 5) is 28.1. The predicted molar refractivity (Wildman–Crippen MR) is 74.1 cm³/mol. The van der Waals surface area contributed by atoms with Gasteiger partial charge in [-0.05, 0) is 17.9 Å². The van der Waals surface area contributed by atoms with Gasteiger partial charge in [0.15, 0.2) is 0 Å². The number of likely N-dealkylation sites (tertiary alicyclic amines) is 2. The second-order valence-electron chi connectivity index (χ2n) is 4.97. The van der Waals surface area contributed by atoms with Gasteiger partial charge < -0.3 is 9.80 Å². The number of rotatable bonds is 3. The summed E-state index contributed by atoms with van der Waals surface area (Å²) < 4.78 is 0. The van der Waals surface area contributed by atoms with E-state index in [0.717, 1.165) is 18.5 Å². The molecule has 5 heteroatoms. The molecule has 3 rings (SSSR count). The zero-order valence-corrected chi connectivity index (χ0v) is 11.4. The fraction of sp³-hybridized carbons (Fsp3) is 0.429. The Balaban J connectivity index is 1.79. The predicted octanol–water partition coefficient (Wildman–Crippen LogP) is 1.75. The molecule has 0 aliphatic carbocycles. The van der Waals surface area contributed by atoms with Crippen LogP contribution in [-0.2, 0) is 4.79 Å². The van der Waals surface area contributed by atoms with Crippen LogP contribution in [0, 0.1) is 0 Å². The molecule has 2 fully saturated rings. The average molecular weight is 276 g/mol. The number of thiophene rings is 1. The van der Waals surface area contributed by atoms with Crippen LogP contribution in [0.4, 0.5) is 0 Å². The molecule has 0 saturated carbocycles. The van der Waals surface area contributed by atoms with E-state index in [9.17, 15) is 9.59 Å². The first-order chi connectivity index (χ1) is 9.22. The molecule has 2 aliphatic rings. The van der Waals surface area contributed by atoms with Gasteiger partial charge in [-0.25, -0.2) is 0 Å². The van der Waals surface area contributed by atoms with E-state index in [1.54, 1.807) is 6.08 Å². The summed E-state index contributed by atoms with van der Waals surface area (Å²) in [7, 11) is 0. The zero-order valence-electron chi connectivity index (χ0n) is 10.6. The molecule has 2 saturated heterocycles. The van der Waals surface area contributed by atoms with Gasteiger partial charge in [0, 0.05) is 24.9 Å². The fourth-order valence-electron chi connectivity index (χ4n) is 3.11. The average Bonchev–Trinajstić information content (AvgIpc) is 3.08. The Hall–Kier alpha value is -1.62. The zero-order chi connectivity index (χ0) is 13.4. The summed E-state index contributed by atoms with van der Waals surface area (Å²) >= 11 is 1.52. The summed E-state index contributed by atoms with van der Waals surface area (Å²) in [6.07, 6.45) is 3.08. The third kappa shape index (κ3) is 1.98. The van der Waals surface area contributed by atoms with Gasteiger partial charge in [-0.15, -0.1) is 6.58 Å². The van der Waals surface area contributed by atoms with Gasteiger partial charge >= 0.3 is 0 Å². The third-order valence-corrected chi connectivity index (χ3v) is 4.65. The van der Waals surface area contributed by atoms with Crippen molar-refractivity contribution in [3.8, 4) is 0 Å². The number of nitrogens with zero attached hydrogens (tertiary/aromatic N) is 2. The van der Waals surface area contributed by atoms with Gasteiger partial charge in [0.2, 0.25) is 5.91 Å². The number of amides is 2. The highest BCUT2D eigenvalue weighted by Gasteiger charge is 2.47. The van der Waals surface area contributed by atoms with E-state index >= 15 is 0 Å². The van der Waals surface area contributed by atoms with Crippen molar-refractivity contribution in [1.29, 1.82) is 0 Å². The highest BCUT2D eigenvalue weighted by Crippen LogP contribution is 2.33. The standard InChI is InChI=1S/C14H16N2O2S/c1-2-5-15-11-3-6-16(12(11)8-13(15)17)14(18)10-4-7-19-9-10/h2,4,7,9,11-12H,1,3,5-6,8H2/t11-,12+/m1/s1. The molecule has 1 aromatic rings. The first-order valence-electron chi connectivity index (χ1n) is 6.46. The molecule has 4 nitrogen and oxygen atoms in total. The summed E-state index contributed by atoms with van der Waals surface area (Å²) in [6, 6.07) is 2.06. The van der Waals surface area contributed by atoms with Crippen molar-refractivity contribution in [2.45, 2.75) is 24.9 Å². The number of fused-ring (bicyclic) bond motifs is 1. The molecule has 0 bridgehead atoms. The molecule has 0 aromatic carbocycles. The molecular weight excluding hydrogens is 260 g/mol. The van der Waals surface area contributed by atoms with Gasteiger partial charge in [-0.1, -0.05) is 6.08 Å². The topological polar surface area (TPSA) is 40.6 Å². The lowest BCUT2D eigenvalue weighted by Gasteiger charge is -2.24. The first kappa shape index (κ1) is 12.4. The van der Waals surface area contributed by atoms with Crippen molar-refractivity contribution >= 4 is 23.2 Å². The van der Waals surface area contributed by atoms with Crippen molar-refractivity contribution in [3.63, 3.8) is 0 Å². The normalized spacial score (nSPS) is 25.8. The van der Waals surface area contributed by atoms with Crippen LogP contribution in [-0.4, -0.2) is 46.8 Å². The van der Waals surface area contributed by atoms with Crippen molar-refractivity contribution in [3.05, 3.63) is 35.0 Å². The van der Waals surface area contributed by atoms with Crippen molar-refractivity contribution in [1.82, 2.24) is 9.80 Å². The maximum Gasteiger partial charge on any atom is 0.255 e. The van der Waals surface area contributed by atoms with Crippen molar-refractivity contribution in [2.24, 2.45) is 0 Å². The largest absolute Gasteiger partial charge is 0.334 e. The van der Waals surface area contributed by atoms with Crippen LogP contribution in [0.15, 0.2) is 29.5 Å². The summed E-state index contributed by atoms with van der Waals surface area (Å²) in [6.45, 7) is 5.02. The minimum atomic E-state index is 0.0415. The molecule has 100 valence electrons. The first-order valence-corrected chi connectivity index (χ1v) is 7.40. The lowest BCUT2D eigenvalue weighted by molar-refractivity contribution is -0.128. The van der Waals surface area contributed by atoms with Crippen molar-refractivity contribution < 1.29 is 9.59 Å².